The molecule has 0 aromatic heterocycles. The lowest BCUT2D eigenvalue weighted by Crippen LogP contribution is -2.59. The van der Waals surface area contributed by atoms with E-state index >= 15 is 0 Å². The maximum absolute atomic E-state index is 12.1. The molecule has 1 amide bonds. The van der Waals surface area contributed by atoms with Crippen LogP contribution in [0.4, 0.5) is 5.69 Å². The lowest BCUT2D eigenvalue weighted by molar-refractivity contribution is -0.302. The summed E-state index contributed by atoms with van der Waals surface area (Å²) in [4.78, 5) is 35.9. The Morgan fingerprint density at radius 2 is 1.77 bits per heavy atom. The van der Waals surface area contributed by atoms with Crippen LogP contribution in [0.2, 0.25) is 0 Å². The molecule has 39 heavy (non-hydrogen) atoms. The molecular formula is C25H34N2O12. The monoisotopic (exact) mass is 554 g/mol. The van der Waals surface area contributed by atoms with Crippen molar-refractivity contribution in [2.75, 3.05) is 51.5 Å². The lowest BCUT2D eigenvalue weighted by Gasteiger charge is -2.39. The Morgan fingerprint density at radius 1 is 1.03 bits per heavy atom. The van der Waals surface area contributed by atoms with Gasteiger partial charge in [-0.3, -0.25) is 14.4 Å². The van der Waals surface area contributed by atoms with E-state index in [0.29, 0.717) is 5.56 Å². The van der Waals surface area contributed by atoms with E-state index < -0.39 is 54.4 Å². The van der Waals surface area contributed by atoms with E-state index in [0.717, 1.165) is 0 Å². The number of hydrogen-bond acceptors (Lipinski definition) is 13. The topological polar surface area (TPSA) is 202 Å². The zero-order valence-electron chi connectivity index (χ0n) is 21.4. The highest BCUT2D eigenvalue weighted by atomic mass is 16.7. The maximum Gasteiger partial charge on any atom is 0.272 e. The van der Waals surface area contributed by atoms with Crippen LogP contribution in [0.5, 0.6) is 5.75 Å². The minimum atomic E-state index is -1.59. The summed E-state index contributed by atoms with van der Waals surface area (Å²) in [6.45, 7) is 1.20. The van der Waals surface area contributed by atoms with Crippen molar-refractivity contribution in [2.45, 2.75) is 43.9 Å². The molecule has 6 N–H and O–H groups in total. The van der Waals surface area contributed by atoms with Crippen molar-refractivity contribution >= 4 is 11.6 Å². The summed E-state index contributed by atoms with van der Waals surface area (Å²) in [6, 6.07) is 8.65. The molecule has 14 nitrogen and oxygen atoms in total. The first-order chi connectivity index (χ1) is 18.8. The van der Waals surface area contributed by atoms with Gasteiger partial charge in [-0.25, -0.2) is 0 Å². The fraction of sp³-hybridized carbons (Fsp3) is 0.560. The van der Waals surface area contributed by atoms with Gasteiger partial charge in [-0.15, -0.1) is 0 Å². The fourth-order valence-electron chi connectivity index (χ4n) is 3.75. The Bertz CT molecular complexity index is 1100. The third-order valence-electron chi connectivity index (χ3n) is 5.83. The molecule has 2 aromatic rings. The second kappa shape index (κ2) is 15.0. The number of aliphatic hydroxyl groups excluding tert-OH is 4. The molecule has 0 aliphatic carbocycles. The number of ether oxygens (including phenoxy) is 5. The molecule has 0 saturated carbocycles. The molecule has 14 heteroatoms. The minimum Gasteiger partial charge on any atom is -0.488 e. The van der Waals surface area contributed by atoms with Crippen LogP contribution < -0.4 is 26.2 Å². The highest BCUT2D eigenvalue weighted by Gasteiger charge is 2.44. The first-order valence-electron chi connectivity index (χ1n) is 12.5. The summed E-state index contributed by atoms with van der Waals surface area (Å²) >= 11 is 0. The van der Waals surface area contributed by atoms with Crippen molar-refractivity contribution in [1.82, 2.24) is 5.32 Å². The molecular weight excluding hydrogens is 520 g/mol. The van der Waals surface area contributed by atoms with Crippen molar-refractivity contribution in [3.63, 3.8) is 0 Å². The van der Waals surface area contributed by atoms with Crippen LogP contribution in [0.25, 0.3) is 0 Å². The van der Waals surface area contributed by atoms with E-state index in [1.165, 1.54) is 0 Å². The number of carbonyl (C=O) groups excluding carboxylic acids is 1. The minimum absolute atomic E-state index is 0.0531. The molecule has 1 saturated heterocycles. The van der Waals surface area contributed by atoms with Crippen LogP contribution in [0.15, 0.2) is 39.9 Å². The molecule has 1 fully saturated rings. The van der Waals surface area contributed by atoms with Crippen LogP contribution in [0, 0.1) is 0 Å². The van der Waals surface area contributed by atoms with E-state index in [4.69, 9.17) is 23.7 Å². The van der Waals surface area contributed by atoms with Gasteiger partial charge in [0.1, 0.15) is 30.1 Å². The smallest absolute Gasteiger partial charge is 0.272 e. The summed E-state index contributed by atoms with van der Waals surface area (Å²) in [5.41, 5.74) is -1.07. The molecule has 3 rings (SSSR count). The second-order valence-electron chi connectivity index (χ2n) is 8.56. The van der Waals surface area contributed by atoms with Gasteiger partial charge in [0.25, 0.3) is 16.8 Å². The van der Waals surface area contributed by atoms with Crippen LogP contribution in [-0.4, -0.2) is 109 Å². The average Bonchev–Trinajstić information content (AvgIpc) is 2.96. The Balaban J connectivity index is 1.50. The van der Waals surface area contributed by atoms with Gasteiger partial charge >= 0.3 is 0 Å². The number of carbonyl (C=O) groups is 1. The number of nitrogens with one attached hydrogen (secondary N) is 2. The van der Waals surface area contributed by atoms with E-state index in [-0.39, 0.29) is 56.9 Å². The Kier molecular flexibility index (Phi) is 11.8. The van der Waals surface area contributed by atoms with Crippen LogP contribution in [-0.2, 0) is 18.9 Å². The molecule has 0 radical (unpaired) electrons. The predicted molar refractivity (Wildman–Crippen MR) is 135 cm³/mol. The Morgan fingerprint density at radius 3 is 2.46 bits per heavy atom. The third-order valence-corrected chi connectivity index (χ3v) is 5.83. The molecule has 6 atom stereocenters. The van der Waals surface area contributed by atoms with Crippen LogP contribution in [0.1, 0.15) is 17.3 Å². The summed E-state index contributed by atoms with van der Waals surface area (Å²) in [5, 5.41) is 44.6. The van der Waals surface area contributed by atoms with Gasteiger partial charge in [-0.2, -0.15) is 0 Å². The first-order valence-corrected chi connectivity index (χ1v) is 12.5. The largest absolute Gasteiger partial charge is 0.488 e. The van der Waals surface area contributed by atoms with Gasteiger partial charge in [0.05, 0.1) is 39.6 Å². The van der Waals surface area contributed by atoms with E-state index in [2.05, 4.69) is 10.6 Å². The zero-order valence-corrected chi connectivity index (χ0v) is 21.4. The van der Waals surface area contributed by atoms with Crippen molar-refractivity contribution in [3.8, 4) is 5.75 Å². The quantitative estimate of drug-likeness (QED) is 0.0735. The molecule has 216 valence electrons. The van der Waals surface area contributed by atoms with E-state index in [1.807, 2.05) is 0 Å². The number of benzene rings is 1. The average molecular weight is 555 g/mol. The van der Waals surface area contributed by atoms with Crippen molar-refractivity contribution in [2.24, 2.45) is 0 Å². The summed E-state index contributed by atoms with van der Waals surface area (Å²) in [7, 11) is 0. The van der Waals surface area contributed by atoms with Gasteiger partial charge in [-0.05, 0) is 19.1 Å². The van der Waals surface area contributed by atoms with Crippen LogP contribution >= 0.6 is 0 Å². The van der Waals surface area contributed by atoms with Gasteiger partial charge in [0, 0.05) is 12.1 Å². The molecule has 2 unspecified atom stereocenters. The molecule has 1 aliphatic heterocycles. The maximum atomic E-state index is 12.1. The number of amides is 1. The Labute approximate surface area is 223 Å². The lowest BCUT2D eigenvalue weighted by atomic mass is 9.99. The zero-order chi connectivity index (χ0) is 28.4. The fourth-order valence-corrected chi connectivity index (χ4v) is 3.75. The third kappa shape index (κ3) is 8.03. The van der Waals surface area contributed by atoms with Crippen molar-refractivity contribution in [3.05, 3.63) is 56.3 Å². The molecule has 1 aliphatic rings. The second-order valence-corrected chi connectivity index (χ2v) is 8.56. The number of aliphatic hydroxyl groups is 4. The van der Waals surface area contributed by atoms with Crippen LogP contribution in [0.3, 0.4) is 0 Å². The Hall–Kier alpha value is -2.95. The molecule has 1 heterocycles. The normalized spacial score (nSPS) is 23.9. The predicted octanol–water partition coefficient (Wildman–Crippen LogP) is -2.30. The highest BCUT2D eigenvalue weighted by Crippen LogP contribution is 2.22. The summed E-state index contributed by atoms with van der Waals surface area (Å²) in [6.07, 6.45) is -8.05. The molecule has 2 aromatic carbocycles. The summed E-state index contributed by atoms with van der Waals surface area (Å²) < 4.78 is 27.1. The molecule has 0 spiro atoms. The SMILES string of the molecule is CCOc1c(NC(COCCNC(=O)c2ccccc2)OCCOC2O[C@H](CO)[C@@H](O)[C@H](O)[C@H]2O)c(=O)c1=O. The van der Waals surface area contributed by atoms with Gasteiger partial charge < -0.3 is 54.7 Å². The van der Waals surface area contributed by atoms with E-state index in [1.54, 1.807) is 37.3 Å². The highest BCUT2D eigenvalue weighted by molar-refractivity contribution is 5.94. The number of hydrogen-bond donors (Lipinski definition) is 6. The standard InChI is InChI=1S/C25H34N2O12/c1-2-36-23-17(19(30)21(23)32)27-16(13-35-9-8-26-24(34)14-6-4-3-5-7-14)37-10-11-38-25-22(33)20(31)18(29)15(12-28)39-25/h3-7,15-16,18,20,22,25,27-29,31,33H,2,8-13H2,1H3,(H,26,34)/t15-,16?,18-,20+,22-,25?/m1/s1. The van der Waals surface area contributed by atoms with E-state index in [9.17, 15) is 34.8 Å². The first kappa shape index (κ1) is 30.6. The number of rotatable bonds is 16. The van der Waals surface area contributed by atoms with Gasteiger partial charge in [-0.1, -0.05) is 18.2 Å². The number of anilines is 1. The molecule has 0 bridgehead atoms. The van der Waals surface area contributed by atoms with Crippen molar-refractivity contribution in [1.29, 1.82) is 0 Å². The van der Waals surface area contributed by atoms with Gasteiger partial charge in [0.2, 0.25) is 0 Å². The van der Waals surface area contributed by atoms with Gasteiger partial charge in [0.15, 0.2) is 18.3 Å². The van der Waals surface area contributed by atoms with Crippen molar-refractivity contribution < 1.29 is 48.9 Å². The summed E-state index contributed by atoms with van der Waals surface area (Å²) in [5.74, 6) is -0.371.